The molecule has 0 saturated heterocycles. The molecule has 0 amide bonds. The third-order valence-electron chi connectivity index (χ3n) is 2.59. The van der Waals surface area contributed by atoms with Gasteiger partial charge in [-0.05, 0) is 36.2 Å². The average Bonchev–Trinajstić information content (AvgIpc) is 2.36. The number of hydrogen-bond acceptors (Lipinski definition) is 5. The van der Waals surface area contributed by atoms with Crippen LogP contribution in [0.2, 0.25) is 10.3 Å². The van der Waals surface area contributed by atoms with Gasteiger partial charge in [-0.2, -0.15) is 4.98 Å². The maximum absolute atomic E-state index is 11.0. The van der Waals surface area contributed by atoms with Gasteiger partial charge in [-0.25, -0.2) is 4.98 Å². The molecule has 0 unspecified atom stereocenters. The van der Waals surface area contributed by atoms with Crippen LogP contribution < -0.4 is 5.32 Å². The molecule has 2 aromatic rings. The van der Waals surface area contributed by atoms with Crippen LogP contribution in [0.15, 0.2) is 24.3 Å². The number of benzene rings is 1. The molecule has 0 aliphatic rings. The highest BCUT2D eigenvalue weighted by Gasteiger charge is 2.21. The van der Waals surface area contributed by atoms with E-state index in [1.54, 1.807) is 12.1 Å². The zero-order valence-corrected chi connectivity index (χ0v) is 11.9. The fourth-order valence-corrected chi connectivity index (χ4v) is 2.00. The van der Waals surface area contributed by atoms with Gasteiger partial charge in [-0.3, -0.25) is 10.1 Å². The molecule has 0 aliphatic carbocycles. The summed E-state index contributed by atoms with van der Waals surface area (Å²) in [4.78, 5) is 18.1. The Morgan fingerprint density at radius 2 is 1.90 bits per heavy atom. The molecule has 0 aliphatic heterocycles. The lowest BCUT2D eigenvalue weighted by Gasteiger charge is -2.08. The van der Waals surface area contributed by atoms with Crippen molar-refractivity contribution in [3.63, 3.8) is 0 Å². The van der Waals surface area contributed by atoms with E-state index in [-0.39, 0.29) is 22.5 Å². The molecule has 1 aromatic heterocycles. The number of nitrogens with zero attached hydrogens (tertiary/aromatic N) is 3. The van der Waals surface area contributed by atoms with Crippen LogP contribution in [0, 0.1) is 17.0 Å². The van der Waals surface area contributed by atoms with Crippen LogP contribution in [-0.4, -0.2) is 14.9 Å². The van der Waals surface area contributed by atoms with Crippen molar-refractivity contribution in [1.82, 2.24) is 9.97 Å². The number of hydrogen-bond donors (Lipinski definition) is 1. The van der Waals surface area contributed by atoms with Gasteiger partial charge in [0.1, 0.15) is 5.69 Å². The summed E-state index contributed by atoms with van der Waals surface area (Å²) in [5, 5.41) is 14.5. The molecule has 0 spiro atoms. The van der Waals surface area contributed by atoms with Gasteiger partial charge in [0.2, 0.25) is 11.1 Å². The maximum atomic E-state index is 11.0. The Morgan fingerprint density at radius 1 is 1.25 bits per heavy atom. The predicted octanol–water partition coefficient (Wildman–Crippen LogP) is 3.61. The number of rotatable bonds is 4. The first-order valence-electron chi connectivity index (χ1n) is 5.64. The Morgan fingerprint density at radius 3 is 2.50 bits per heavy atom. The molecule has 0 saturated carbocycles. The van der Waals surface area contributed by atoms with E-state index in [0.717, 1.165) is 5.56 Å². The smallest absolute Gasteiger partial charge is 0.332 e. The highest BCUT2D eigenvalue weighted by Crippen LogP contribution is 2.26. The molecular weight excluding hydrogens is 303 g/mol. The molecule has 104 valence electrons. The molecule has 0 fully saturated rings. The van der Waals surface area contributed by atoms with E-state index >= 15 is 0 Å². The first-order chi connectivity index (χ1) is 9.47. The van der Waals surface area contributed by atoms with Crippen molar-refractivity contribution in [2.24, 2.45) is 0 Å². The SMILES string of the molecule is Cc1nc(Cl)nc(NCc2ccc(Cl)cc2)c1[N+](=O)[O-]. The van der Waals surface area contributed by atoms with Crippen molar-refractivity contribution in [2.45, 2.75) is 13.5 Å². The van der Waals surface area contributed by atoms with E-state index in [0.29, 0.717) is 11.6 Å². The van der Waals surface area contributed by atoms with Crippen LogP contribution in [0.5, 0.6) is 0 Å². The number of nitro groups is 1. The van der Waals surface area contributed by atoms with E-state index < -0.39 is 4.92 Å². The second-order valence-corrected chi connectivity index (χ2v) is 4.79. The Labute approximate surface area is 124 Å². The van der Waals surface area contributed by atoms with Gasteiger partial charge >= 0.3 is 5.69 Å². The van der Waals surface area contributed by atoms with E-state index in [1.165, 1.54) is 6.92 Å². The van der Waals surface area contributed by atoms with E-state index in [2.05, 4.69) is 15.3 Å². The Balaban J connectivity index is 2.24. The van der Waals surface area contributed by atoms with Gasteiger partial charge < -0.3 is 5.32 Å². The second kappa shape index (κ2) is 6.02. The lowest BCUT2D eigenvalue weighted by Crippen LogP contribution is -2.07. The van der Waals surface area contributed by atoms with Gasteiger partial charge in [0.05, 0.1) is 4.92 Å². The largest absolute Gasteiger partial charge is 0.360 e. The van der Waals surface area contributed by atoms with Gasteiger partial charge in [0.25, 0.3) is 0 Å². The number of anilines is 1. The van der Waals surface area contributed by atoms with Crippen LogP contribution in [0.4, 0.5) is 11.5 Å². The molecular formula is C12H10Cl2N4O2. The number of aryl methyl sites for hydroxylation is 1. The summed E-state index contributed by atoms with van der Waals surface area (Å²) in [6.07, 6.45) is 0. The van der Waals surface area contributed by atoms with Crippen molar-refractivity contribution >= 4 is 34.7 Å². The number of nitrogens with one attached hydrogen (secondary N) is 1. The fourth-order valence-electron chi connectivity index (χ4n) is 1.66. The highest BCUT2D eigenvalue weighted by atomic mass is 35.5. The second-order valence-electron chi connectivity index (χ2n) is 4.01. The van der Waals surface area contributed by atoms with Crippen LogP contribution in [0.3, 0.4) is 0 Å². The van der Waals surface area contributed by atoms with Crippen molar-refractivity contribution in [1.29, 1.82) is 0 Å². The van der Waals surface area contributed by atoms with E-state index in [4.69, 9.17) is 23.2 Å². The first-order valence-corrected chi connectivity index (χ1v) is 6.40. The van der Waals surface area contributed by atoms with Crippen LogP contribution in [-0.2, 0) is 6.54 Å². The molecule has 0 radical (unpaired) electrons. The minimum absolute atomic E-state index is 0.0355. The molecule has 1 aromatic carbocycles. The van der Waals surface area contributed by atoms with Crippen molar-refractivity contribution in [2.75, 3.05) is 5.32 Å². The van der Waals surface area contributed by atoms with Crippen molar-refractivity contribution in [3.05, 3.63) is 55.9 Å². The van der Waals surface area contributed by atoms with E-state index in [1.807, 2.05) is 12.1 Å². The van der Waals surface area contributed by atoms with Crippen LogP contribution in [0.25, 0.3) is 0 Å². The summed E-state index contributed by atoms with van der Waals surface area (Å²) in [6, 6.07) is 7.12. The standard InChI is InChI=1S/C12H10Cl2N4O2/c1-7-10(18(19)20)11(17-12(14)16-7)15-6-8-2-4-9(13)5-3-8/h2-5H,6H2,1H3,(H,15,16,17). The third-order valence-corrected chi connectivity index (χ3v) is 3.01. The Bertz CT molecular complexity index is 647. The Hall–Kier alpha value is -1.92. The topological polar surface area (TPSA) is 81.0 Å². The van der Waals surface area contributed by atoms with Crippen molar-refractivity contribution in [3.8, 4) is 0 Å². The van der Waals surface area contributed by atoms with Crippen LogP contribution in [0.1, 0.15) is 11.3 Å². The lowest BCUT2D eigenvalue weighted by atomic mass is 10.2. The maximum Gasteiger partial charge on any atom is 0.332 e. The van der Waals surface area contributed by atoms with E-state index in [9.17, 15) is 10.1 Å². The molecule has 1 N–H and O–H groups in total. The predicted molar refractivity (Wildman–Crippen MR) is 77.2 cm³/mol. The number of aromatic nitrogens is 2. The molecule has 1 heterocycles. The highest BCUT2D eigenvalue weighted by molar-refractivity contribution is 6.30. The fraction of sp³-hybridized carbons (Fsp3) is 0.167. The van der Waals surface area contributed by atoms with Gasteiger partial charge in [-0.1, -0.05) is 23.7 Å². The summed E-state index contributed by atoms with van der Waals surface area (Å²) in [6.45, 7) is 1.88. The molecule has 6 nitrogen and oxygen atoms in total. The Kier molecular flexibility index (Phi) is 4.36. The van der Waals surface area contributed by atoms with Gasteiger partial charge in [-0.15, -0.1) is 0 Å². The van der Waals surface area contributed by atoms with Crippen LogP contribution >= 0.6 is 23.2 Å². The number of halogens is 2. The summed E-state index contributed by atoms with van der Waals surface area (Å²) < 4.78 is 0. The van der Waals surface area contributed by atoms with Gasteiger partial charge in [0, 0.05) is 11.6 Å². The van der Waals surface area contributed by atoms with Gasteiger partial charge in [0.15, 0.2) is 0 Å². The quantitative estimate of drug-likeness (QED) is 0.530. The minimum atomic E-state index is -0.532. The molecule has 0 atom stereocenters. The summed E-state index contributed by atoms with van der Waals surface area (Å²) in [7, 11) is 0. The summed E-state index contributed by atoms with van der Waals surface area (Å²) in [5.74, 6) is 0.0995. The third kappa shape index (κ3) is 3.34. The summed E-state index contributed by atoms with van der Waals surface area (Å²) in [5.41, 5.74) is 0.952. The summed E-state index contributed by atoms with van der Waals surface area (Å²) >= 11 is 11.5. The zero-order chi connectivity index (χ0) is 14.7. The molecule has 8 heteroatoms. The normalized spacial score (nSPS) is 10.3. The monoisotopic (exact) mass is 312 g/mol. The molecule has 0 bridgehead atoms. The lowest BCUT2D eigenvalue weighted by molar-refractivity contribution is -0.385. The zero-order valence-electron chi connectivity index (χ0n) is 10.4. The molecule has 2 rings (SSSR count). The minimum Gasteiger partial charge on any atom is -0.360 e. The first kappa shape index (κ1) is 14.5. The molecule has 20 heavy (non-hydrogen) atoms. The average molecular weight is 313 g/mol. The van der Waals surface area contributed by atoms with Crippen molar-refractivity contribution < 1.29 is 4.92 Å².